The number of nitrogens with zero attached hydrogens (tertiary/aromatic N) is 1. The number of nitrogens with one attached hydrogen (secondary N) is 1. The van der Waals surface area contributed by atoms with Crippen LogP contribution >= 0.6 is 11.6 Å². The third-order valence-electron chi connectivity index (χ3n) is 2.61. The molecular formula is C12H15ClN2O2. The van der Waals surface area contributed by atoms with Gasteiger partial charge in [0.15, 0.2) is 0 Å². The Balaban J connectivity index is 2.19. The lowest BCUT2D eigenvalue weighted by Gasteiger charge is -2.28. The van der Waals surface area contributed by atoms with E-state index in [1.54, 1.807) is 26.2 Å². The minimum atomic E-state index is -0.0940. The van der Waals surface area contributed by atoms with Crippen LogP contribution in [-0.2, 0) is 4.74 Å². The van der Waals surface area contributed by atoms with Crippen molar-refractivity contribution in [1.29, 1.82) is 0 Å². The first kappa shape index (κ1) is 12.2. The molecule has 1 fully saturated rings. The highest BCUT2D eigenvalue weighted by molar-refractivity contribution is 6.34. The highest BCUT2D eigenvalue weighted by Gasteiger charge is 2.19. The lowest BCUT2D eigenvalue weighted by Crippen LogP contribution is -2.40. The molecule has 1 N–H and O–H groups in total. The smallest absolute Gasteiger partial charge is 0.254 e. The van der Waals surface area contributed by atoms with Gasteiger partial charge in [0.05, 0.1) is 29.8 Å². The van der Waals surface area contributed by atoms with E-state index >= 15 is 0 Å². The first-order valence-electron chi connectivity index (χ1n) is 5.43. The summed E-state index contributed by atoms with van der Waals surface area (Å²) in [4.78, 5) is 13.4. The van der Waals surface area contributed by atoms with Crippen LogP contribution in [0.3, 0.4) is 0 Å². The van der Waals surface area contributed by atoms with Crippen LogP contribution < -0.4 is 5.32 Å². The first-order chi connectivity index (χ1) is 8.08. The molecule has 0 aromatic heterocycles. The van der Waals surface area contributed by atoms with Gasteiger partial charge in [-0.1, -0.05) is 11.6 Å². The van der Waals surface area contributed by atoms with Crippen LogP contribution in [-0.4, -0.2) is 44.2 Å². The summed E-state index contributed by atoms with van der Waals surface area (Å²) in [5, 5.41) is 3.76. The van der Waals surface area contributed by atoms with E-state index in [1.165, 1.54) is 4.90 Å². The summed E-state index contributed by atoms with van der Waals surface area (Å²) < 4.78 is 5.08. The monoisotopic (exact) mass is 254 g/mol. The molecule has 0 bridgehead atoms. The van der Waals surface area contributed by atoms with E-state index in [4.69, 9.17) is 16.3 Å². The maximum Gasteiger partial charge on any atom is 0.254 e. The van der Waals surface area contributed by atoms with E-state index in [0.717, 1.165) is 5.69 Å². The van der Waals surface area contributed by atoms with Crippen molar-refractivity contribution in [3.63, 3.8) is 0 Å². The van der Waals surface area contributed by atoms with Crippen LogP contribution in [0.25, 0.3) is 0 Å². The van der Waals surface area contributed by atoms with E-state index in [9.17, 15) is 4.79 Å². The molecule has 0 atom stereocenters. The predicted octanol–water partition coefficient (Wildman–Crippen LogP) is 1.85. The van der Waals surface area contributed by atoms with Crippen molar-refractivity contribution in [2.24, 2.45) is 0 Å². The molecule has 1 aliphatic heterocycles. The zero-order chi connectivity index (χ0) is 12.4. The third-order valence-corrected chi connectivity index (χ3v) is 2.94. The Hall–Kier alpha value is -1.26. The van der Waals surface area contributed by atoms with Gasteiger partial charge in [0.25, 0.3) is 5.91 Å². The molecular weight excluding hydrogens is 240 g/mol. The second kappa shape index (κ2) is 4.94. The van der Waals surface area contributed by atoms with E-state index in [0.29, 0.717) is 29.8 Å². The molecule has 17 heavy (non-hydrogen) atoms. The molecule has 0 unspecified atom stereocenters. The fourth-order valence-electron chi connectivity index (χ4n) is 1.57. The minimum Gasteiger partial charge on any atom is -0.378 e. The Bertz CT molecular complexity index is 431. The molecule has 5 heteroatoms. The second-order valence-electron chi connectivity index (χ2n) is 4.27. The number of carbonyl (C=O) groups is 1. The number of rotatable bonds is 3. The maximum absolute atomic E-state index is 11.9. The molecule has 2 rings (SSSR count). The van der Waals surface area contributed by atoms with Crippen molar-refractivity contribution in [1.82, 2.24) is 4.90 Å². The van der Waals surface area contributed by atoms with E-state index in [1.807, 2.05) is 6.07 Å². The molecule has 1 aliphatic rings. The number of hydrogen-bond donors (Lipinski definition) is 1. The lowest BCUT2D eigenvalue weighted by molar-refractivity contribution is 0.0211. The number of amides is 1. The van der Waals surface area contributed by atoms with Crippen molar-refractivity contribution < 1.29 is 9.53 Å². The molecule has 0 radical (unpaired) electrons. The van der Waals surface area contributed by atoms with Crippen molar-refractivity contribution in [3.8, 4) is 0 Å². The van der Waals surface area contributed by atoms with E-state index < -0.39 is 0 Å². The Labute approximate surface area is 106 Å². The zero-order valence-electron chi connectivity index (χ0n) is 9.87. The number of ether oxygens (including phenoxy) is 1. The fraction of sp³-hybridized carbons (Fsp3) is 0.417. The molecule has 0 saturated carbocycles. The topological polar surface area (TPSA) is 41.6 Å². The molecule has 1 amide bonds. The summed E-state index contributed by atoms with van der Waals surface area (Å²) in [6.07, 6.45) is 0. The first-order valence-corrected chi connectivity index (χ1v) is 5.81. The van der Waals surface area contributed by atoms with Crippen LogP contribution in [0.15, 0.2) is 18.2 Å². The largest absolute Gasteiger partial charge is 0.378 e. The van der Waals surface area contributed by atoms with Gasteiger partial charge in [-0.05, 0) is 18.2 Å². The molecule has 4 nitrogen and oxygen atoms in total. The van der Waals surface area contributed by atoms with Crippen LogP contribution in [0, 0.1) is 0 Å². The van der Waals surface area contributed by atoms with E-state index in [-0.39, 0.29) is 5.91 Å². The number of anilines is 1. The van der Waals surface area contributed by atoms with Gasteiger partial charge in [0.1, 0.15) is 0 Å². The maximum atomic E-state index is 11.9. The number of halogens is 1. The minimum absolute atomic E-state index is 0.0940. The summed E-state index contributed by atoms with van der Waals surface area (Å²) in [5.41, 5.74) is 1.41. The molecule has 1 aromatic carbocycles. The van der Waals surface area contributed by atoms with Gasteiger partial charge in [-0.15, -0.1) is 0 Å². The van der Waals surface area contributed by atoms with Crippen LogP contribution in [0.4, 0.5) is 5.69 Å². The van der Waals surface area contributed by atoms with Crippen LogP contribution in [0.2, 0.25) is 5.02 Å². The van der Waals surface area contributed by atoms with Gasteiger partial charge in [-0.2, -0.15) is 0 Å². The molecule has 1 aromatic rings. The Morgan fingerprint density at radius 2 is 2.18 bits per heavy atom. The summed E-state index contributed by atoms with van der Waals surface area (Å²) >= 11 is 6.02. The van der Waals surface area contributed by atoms with Crippen molar-refractivity contribution in [3.05, 3.63) is 28.8 Å². The summed E-state index contributed by atoms with van der Waals surface area (Å²) in [7, 11) is 3.41. The molecule has 92 valence electrons. The number of benzene rings is 1. The molecule has 0 aliphatic carbocycles. The van der Waals surface area contributed by atoms with Crippen LogP contribution in [0.5, 0.6) is 0 Å². The summed E-state index contributed by atoms with van der Waals surface area (Å²) in [6.45, 7) is 1.42. The quantitative estimate of drug-likeness (QED) is 0.895. The van der Waals surface area contributed by atoms with Gasteiger partial charge in [-0.25, -0.2) is 0 Å². The van der Waals surface area contributed by atoms with E-state index in [2.05, 4.69) is 5.32 Å². The highest BCUT2D eigenvalue weighted by atomic mass is 35.5. The molecule has 0 spiro atoms. The second-order valence-corrected chi connectivity index (χ2v) is 4.68. The number of hydrogen-bond acceptors (Lipinski definition) is 3. The molecule has 1 heterocycles. The normalized spacial score (nSPS) is 15.2. The van der Waals surface area contributed by atoms with Crippen molar-refractivity contribution in [2.45, 2.75) is 6.04 Å². The SMILES string of the molecule is CN(C)C(=O)c1cc(NC2COC2)ccc1Cl. The van der Waals surface area contributed by atoms with Crippen molar-refractivity contribution in [2.75, 3.05) is 32.6 Å². The van der Waals surface area contributed by atoms with Gasteiger partial charge in [-0.3, -0.25) is 4.79 Å². The zero-order valence-corrected chi connectivity index (χ0v) is 10.6. The highest BCUT2D eigenvalue weighted by Crippen LogP contribution is 2.23. The average molecular weight is 255 g/mol. The van der Waals surface area contributed by atoms with Gasteiger partial charge < -0.3 is 15.0 Å². The van der Waals surface area contributed by atoms with Gasteiger partial charge in [0.2, 0.25) is 0 Å². The Morgan fingerprint density at radius 1 is 1.47 bits per heavy atom. The Morgan fingerprint density at radius 3 is 2.71 bits per heavy atom. The van der Waals surface area contributed by atoms with Crippen LogP contribution in [0.1, 0.15) is 10.4 Å². The number of carbonyl (C=O) groups excluding carboxylic acids is 1. The third kappa shape index (κ3) is 2.70. The summed E-state index contributed by atoms with van der Waals surface area (Å²) in [6, 6.07) is 5.72. The predicted molar refractivity (Wildman–Crippen MR) is 67.7 cm³/mol. The van der Waals surface area contributed by atoms with Gasteiger partial charge in [0, 0.05) is 19.8 Å². The average Bonchev–Trinajstić information content (AvgIpc) is 2.24. The van der Waals surface area contributed by atoms with Gasteiger partial charge >= 0.3 is 0 Å². The van der Waals surface area contributed by atoms with Crippen molar-refractivity contribution >= 4 is 23.2 Å². The lowest BCUT2D eigenvalue weighted by atomic mass is 10.1. The Kier molecular flexibility index (Phi) is 3.54. The summed E-state index contributed by atoms with van der Waals surface area (Å²) in [5.74, 6) is -0.0940. The standard InChI is InChI=1S/C12H15ClN2O2/c1-15(2)12(16)10-5-8(3-4-11(10)13)14-9-6-17-7-9/h3-5,9,14H,6-7H2,1-2H3. The fourth-order valence-corrected chi connectivity index (χ4v) is 1.77. The molecule has 1 saturated heterocycles.